The molecule has 1 saturated heterocycles. The quantitative estimate of drug-likeness (QED) is 0.335. The van der Waals surface area contributed by atoms with Crippen LogP contribution in [0.15, 0.2) is 48.0 Å². The second-order valence-corrected chi connectivity index (χ2v) is 6.11. The zero-order valence-corrected chi connectivity index (χ0v) is 14.7. The van der Waals surface area contributed by atoms with Crippen LogP contribution in [0.2, 0.25) is 0 Å². The van der Waals surface area contributed by atoms with Crippen LogP contribution in [0.25, 0.3) is 6.08 Å². The SMILES string of the molecule is CCc1ccc(N2C(=O)/C(=C/c3ccc(O)c(O)c3)C(=O)NC2=S)cc1. The van der Waals surface area contributed by atoms with Crippen LogP contribution in [0.5, 0.6) is 11.5 Å². The third-order valence-electron chi connectivity index (χ3n) is 4.01. The Balaban J connectivity index is 1.99. The smallest absolute Gasteiger partial charge is 0.270 e. The Morgan fingerprint density at radius 2 is 1.77 bits per heavy atom. The normalized spacial score (nSPS) is 16.1. The Hall–Kier alpha value is -3.19. The Morgan fingerprint density at radius 3 is 2.38 bits per heavy atom. The van der Waals surface area contributed by atoms with Gasteiger partial charge in [-0.05, 0) is 60.1 Å². The number of carbonyl (C=O) groups is 2. The molecule has 1 heterocycles. The highest BCUT2D eigenvalue weighted by Crippen LogP contribution is 2.27. The number of phenols is 2. The predicted molar refractivity (Wildman–Crippen MR) is 102 cm³/mol. The maximum Gasteiger partial charge on any atom is 0.270 e. The molecule has 0 atom stereocenters. The van der Waals surface area contributed by atoms with Gasteiger partial charge >= 0.3 is 0 Å². The van der Waals surface area contributed by atoms with E-state index in [0.29, 0.717) is 11.3 Å². The lowest BCUT2D eigenvalue weighted by atomic mass is 10.1. The lowest BCUT2D eigenvalue weighted by Gasteiger charge is -2.29. The van der Waals surface area contributed by atoms with Gasteiger partial charge in [0.2, 0.25) is 0 Å². The molecule has 0 saturated carbocycles. The Labute approximate surface area is 155 Å². The monoisotopic (exact) mass is 368 g/mol. The summed E-state index contributed by atoms with van der Waals surface area (Å²) < 4.78 is 0. The zero-order chi connectivity index (χ0) is 18.8. The van der Waals surface area contributed by atoms with Gasteiger partial charge in [-0.15, -0.1) is 0 Å². The van der Waals surface area contributed by atoms with E-state index >= 15 is 0 Å². The number of aromatic hydroxyl groups is 2. The molecule has 2 aromatic carbocycles. The lowest BCUT2D eigenvalue weighted by molar-refractivity contribution is -0.122. The molecule has 3 rings (SSSR count). The molecular weight excluding hydrogens is 352 g/mol. The Bertz CT molecular complexity index is 935. The van der Waals surface area contributed by atoms with Gasteiger partial charge < -0.3 is 10.2 Å². The van der Waals surface area contributed by atoms with E-state index in [-0.39, 0.29) is 22.2 Å². The summed E-state index contributed by atoms with van der Waals surface area (Å²) >= 11 is 5.15. The number of nitrogens with one attached hydrogen (secondary N) is 1. The van der Waals surface area contributed by atoms with Crippen LogP contribution in [-0.2, 0) is 16.0 Å². The minimum Gasteiger partial charge on any atom is -0.504 e. The minimum absolute atomic E-state index is 0.00921. The highest BCUT2D eigenvalue weighted by atomic mass is 32.1. The third kappa shape index (κ3) is 3.29. The minimum atomic E-state index is -0.617. The first kappa shape index (κ1) is 17.6. The molecule has 6 nitrogen and oxygen atoms in total. The van der Waals surface area contributed by atoms with Crippen LogP contribution < -0.4 is 10.2 Å². The molecule has 1 fully saturated rings. The molecule has 1 aliphatic heterocycles. The standard InChI is InChI=1S/C19H16N2O4S/c1-2-11-3-6-13(7-4-11)21-18(25)14(17(24)20-19(21)26)9-12-5-8-15(22)16(23)10-12/h3-10,22-23H,2H2,1H3,(H,20,24,26)/b14-9+. The van der Waals surface area contributed by atoms with E-state index in [2.05, 4.69) is 5.32 Å². The van der Waals surface area contributed by atoms with Crippen molar-refractivity contribution in [3.63, 3.8) is 0 Å². The van der Waals surface area contributed by atoms with Crippen LogP contribution in [0.3, 0.4) is 0 Å². The number of rotatable bonds is 3. The summed E-state index contributed by atoms with van der Waals surface area (Å²) in [5.41, 5.74) is 1.94. The number of hydrogen-bond donors (Lipinski definition) is 3. The van der Waals surface area contributed by atoms with E-state index in [1.165, 1.54) is 29.2 Å². The van der Waals surface area contributed by atoms with Crippen molar-refractivity contribution in [3.8, 4) is 11.5 Å². The molecule has 0 spiro atoms. The third-order valence-corrected chi connectivity index (χ3v) is 4.30. The van der Waals surface area contributed by atoms with Gasteiger partial charge in [0.15, 0.2) is 16.6 Å². The topological polar surface area (TPSA) is 89.9 Å². The first-order chi connectivity index (χ1) is 12.4. The van der Waals surface area contributed by atoms with Gasteiger partial charge in [0.05, 0.1) is 5.69 Å². The molecule has 0 aromatic heterocycles. The molecule has 2 amide bonds. The molecule has 26 heavy (non-hydrogen) atoms. The fourth-order valence-electron chi connectivity index (χ4n) is 2.57. The van der Waals surface area contributed by atoms with Crippen molar-refractivity contribution in [3.05, 3.63) is 59.2 Å². The summed E-state index contributed by atoms with van der Waals surface area (Å²) in [7, 11) is 0. The van der Waals surface area contributed by atoms with E-state index in [9.17, 15) is 19.8 Å². The Morgan fingerprint density at radius 1 is 1.08 bits per heavy atom. The summed E-state index contributed by atoms with van der Waals surface area (Å²) in [4.78, 5) is 26.3. The number of aryl methyl sites for hydroxylation is 1. The predicted octanol–water partition coefficient (Wildman–Crippen LogP) is 2.49. The largest absolute Gasteiger partial charge is 0.504 e. The van der Waals surface area contributed by atoms with E-state index in [1.54, 1.807) is 12.1 Å². The first-order valence-corrected chi connectivity index (χ1v) is 8.34. The number of benzene rings is 2. The van der Waals surface area contributed by atoms with E-state index in [4.69, 9.17) is 12.2 Å². The van der Waals surface area contributed by atoms with Gasteiger partial charge in [-0.3, -0.25) is 19.8 Å². The number of carbonyl (C=O) groups excluding carboxylic acids is 2. The summed E-state index contributed by atoms with van der Waals surface area (Å²) in [6.45, 7) is 2.03. The molecule has 0 aliphatic carbocycles. The highest BCUT2D eigenvalue weighted by molar-refractivity contribution is 7.80. The molecule has 7 heteroatoms. The number of anilines is 1. The molecule has 1 aliphatic rings. The van der Waals surface area contributed by atoms with Gasteiger partial charge in [-0.1, -0.05) is 25.1 Å². The molecule has 0 radical (unpaired) electrons. The zero-order valence-electron chi connectivity index (χ0n) is 13.9. The van der Waals surface area contributed by atoms with Crippen molar-refractivity contribution >= 4 is 40.9 Å². The summed E-state index contributed by atoms with van der Waals surface area (Å²) in [6, 6.07) is 11.3. The summed E-state index contributed by atoms with van der Waals surface area (Å²) in [5, 5.41) is 21.5. The summed E-state index contributed by atoms with van der Waals surface area (Å²) in [5.74, 6) is -1.81. The van der Waals surface area contributed by atoms with Crippen molar-refractivity contribution < 1.29 is 19.8 Å². The molecular formula is C19H16N2O4S. The van der Waals surface area contributed by atoms with Crippen molar-refractivity contribution in [1.29, 1.82) is 0 Å². The molecule has 0 bridgehead atoms. The van der Waals surface area contributed by atoms with Gasteiger partial charge in [0.1, 0.15) is 5.57 Å². The van der Waals surface area contributed by atoms with Crippen molar-refractivity contribution in [2.45, 2.75) is 13.3 Å². The number of phenolic OH excluding ortho intramolecular Hbond substituents is 2. The Kier molecular flexibility index (Phi) is 4.73. The number of amides is 2. The van der Waals surface area contributed by atoms with Crippen molar-refractivity contribution in [1.82, 2.24) is 5.32 Å². The van der Waals surface area contributed by atoms with Crippen molar-refractivity contribution in [2.24, 2.45) is 0 Å². The van der Waals surface area contributed by atoms with E-state index in [0.717, 1.165) is 12.0 Å². The molecule has 132 valence electrons. The van der Waals surface area contributed by atoms with Gasteiger partial charge in [0, 0.05) is 0 Å². The number of nitrogens with zero attached hydrogens (tertiary/aromatic N) is 1. The average molecular weight is 368 g/mol. The fourth-order valence-corrected chi connectivity index (χ4v) is 2.85. The molecule has 0 unspecified atom stereocenters. The van der Waals surface area contributed by atoms with Gasteiger partial charge in [-0.2, -0.15) is 0 Å². The van der Waals surface area contributed by atoms with Crippen molar-refractivity contribution in [2.75, 3.05) is 4.90 Å². The van der Waals surface area contributed by atoms with Gasteiger partial charge in [0.25, 0.3) is 11.8 Å². The van der Waals surface area contributed by atoms with Crippen LogP contribution in [0.4, 0.5) is 5.69 Å². The van der Waals surface area contributed by atoms with Crippen LogP contribution in [0.1, 0.15) is 18.1 Å². The lowest BCUT2D eigenvalue weighted by Crippen LogP contribution is -2.54. The van der Waals surface area contributed by atoms with Crippen LogP contribution >= 0.6 is 12.2 Å². The van der Waals surface area contributed by atoms with Gasteiger partial charge in [-0.25, -0.2) is 0 Å². The van der Waals surface area contributed by atoms with E-state index in [1.807, 2.05) is 19.1 Å². The maximum absolute atomic E-state index is 12.9. The van der Waals surface area contributed by atoms with Crippen LogP contribution in [0, 0.1) is 0 Å². The average Bonchev–Trinajstić information content (AvgIpc) is 2.62. The first-order valence-electron chi connectivity index (χ1n) is 7.93. The second kappa shape index (κ2) is 6.97. The van der Waals surface area contributed by atoms with E-state index < -0.39 is 11.8 Å². The maximum atomic E-state index is 12.9. The number of hydrogen-bond acceptors (Lipinski definition) is 5. The highest BCUT2D eigenvalue weighted by Gasteiger charge is 2.34. The summed E-state index contributed by atoms with van der Waals surface area (Å²) in [6.07, 6.45) is 2.21. The fraction of sp³-hybridized carbons (Fsp3) is 0.105. The van der Waals surface area contributed by atoms with Crippen LogP contribution in [-0.4, -0.2) is 27.1 Å². The number of thiocarbonyl (C=S) groups is 1. The molecule has 3 N–H and O–H groups in total. The molecule has 2 aromatic rings. The second-order valence-electron chi connectivity index (χ2n) is 5.73.